The molecule has 2 heterocycles. The van der Waals surface area contributed by atoms with Crippen LogP contribution in [0.5, 0.6) is 17.2 Å². The molecule has 0 N–H and O–H groups in total. The molecule has 1 aromatic rings. The Bertz CT molecular complexity index is 725. The summed E-state index contributed by atoms with van der Waals surface area (Å²) >= 11 is 0. The van der Waals surface area contributed by atoms with E-state index < -0.39 is 0 Å². The lowest BCUT2D eigenvalue weighted by Crippen LogP contribution is -2.44. The van der Waals surface area contributed by atoms with E-state index in [1.807, 2.05) is 17.0 Å². The first-order valence-electron chi connectivity index (χ1n) is 11.4. The van der Waals surface area contributed by atoms with E-state index in [9.17, 15) is 9.59 Å². The molecule has 0 bridgehead atoms. The maximum absolute atomic E-state index is 12.9. The molecule has 2 aliphatic heterocycles. The van der Waals surface area contributed by atoms with Gasteiger partial charge < -0.3 is 24.0 Å². The van der Waals surface area contributed by atoms with Crippen LogP contribution in [0, 0.1) is 5.92 Å². The van der Waals surface area contributed by atoms with E-state index in [1.54, 1.807) is 21.3 Å². The molecule has 7 nitrogen and oxygen atoms in total. The van der Waals surface area contributed by atoms with Crippen molar-refractivity contribution in [1.82, 2.24) is 9.80 Å². The number of carbonyl (C=O) groups excluding carboxylic acids is 2. The summed E-state index contributed by atoms with van der Waals surface area (Å²) in [5.74, 6) is 2.24. The van der Waals surface area contributed by atoms with Gasteiger partial charge in [0.05, 0.1) is 21.3 Å². The van der Waals surface area contributed by atoms with Crippen LogP contribution in [0.2, 0.25) is 0 Å². The topological polar surface area (TPSA) is 68.3 Å². The Balaban J connectivity index is 1.50. The van der Waals surface area contributed by atoms with Crippen molar-refractivity contribution in [2.75, 3.05) is 47.5 Å². The number of aryl methyl sites for hydroxylation is 1. The first-order valence-corrected chi connectivity index (χ1v) is 11.4. The molecule has 2 amide bonds. The van der Waals surface area contributed by atoms with E-state index in [0.29, 0.717) is 49.1 Å². The zero-order valence-corrected chi connectivity index (χ0v) is 19.2. The Hall–Kier alpha value is -2.44. The molecule has 0 radical (unpaired) electrons. The molecular weight excluding hydrogens is 396 g/mol. The van der Waals surface area contributed by atoms with Crippen molar-refractivity contribution >= 4 is 11.8 Å². The molecule has 1 aromatic carbocycles. The van der Waals surface area contributed by atoms with Gasteiger partial charge in [-0.05, 0) is 49.8 Å². The van der Waals surface area contributed by atoms with Crippen LogP contribution in [0.25, 0.3) is 0 Å². The fraction of sp³-hybridized carbons (Fsp3) is 0.667. The van der Waals surface area contributed by atoms with Crippen molar-refractivity contribution in [3.63, 3.8) is 0 Å². The van der Waals surface area contributed by atoms with Crippen LogP contribution in [0.1, 0.15) is 50.5 Å². The van der Waals surface area contributed by atoms with Crippen LogP contribution in [0.3, 0.4) is 0 Å². The number of benzene rings is 1. The van der Waals surface area contributed by atoms with Gasteiger partial charge in [-0.25, -0.2) is 0 Å². The molecule has 2 saturated heterocycles. The van der Waals surface area contributed by atoms with Gasteiger partial charge in [0.25, 0.3) is 0 Å². The molecule has 2 fully saturated rings. The number of nitrogens with zero attached hydrogens (tertiary/aromatic N) is 2. The second-order valence-corrected chi connectivity index (χ2v) is 8.43. The van der Waals surface area contributed by atoms with Crippen LogP contribution in [-0.4, -0.2) is 69.1 Å². The summed E-state index contributed by atoms with van der Waals surface area (Å²) in [7, 11) is 4.75. The number of methoxy groups -OCH3 is 3. The maximum Gasteiger partial charge on any atom is 0.225 e. The number of ether oxygens (including phenoxy) is 3. The first kappa shape index (κ1) is 23.2. The predicted molar refractivity (Wildman–Crippen MR) is 119 cm³/mol. The minimum Gasteiger partial charge on any atom is -0.493 e. The van der Waals surface area contributed by atoms with Crippen LogP contribution >= 0.6 is 0 Å². The Labute approximate surface area is 185 Å². The Kier molecular flexibility index (Phi) is 8.43. The van der Waals surface area contributed by atoms with Crippen LogP contribution < -0.4 is 14.2 Å². The first-order chi connectivity index (χ1) is 15.1. The summed E-state index contributed by atoms with van der Waals surface area (Å²) in [5, 5.41) is 0. The SMILES string of the molecule is COc1cc(CCC(=O)N2CCC(C(=O)N3CCCCCC3)CC2)cc(OC)c1OC. The van der Waals surface area contributed by atoms with E-state index in [2.05, 4.69) is 4.90 Å². The van der Waals surface area contributed by atoms with Crippen molar-refractivity contribution in [3.8, 4) is 17.2 Å². The monoisotopic (exact) mass is 432 g/mol. The van der Waals surface area contributed by atoms with Crippen molar-refractivity contribution < 1.29 is 23.8 Å². The number of hydrogen-bond acceptors (Lipinski definition) is 5. The van der Waals surface area contributed by atoms with Crippen molar-refractivity contribution in [1.29, 1.82) is 0 Å². The molecule has 2 aliphatic rings. The number of piperidine rings is 1. The molecule has 7 heteroatoms. The van der Waals surface area contributed by atoms with Crippen LogP contribution in [0.4, 0.5) is 0 Å². The molecule has 0 aromatic heterocycles. The van der Waals surface area contributed by atoms with Crippen LogP contribution in [-0.2, 0) is 16.0 Å². The molecular formula is C24H36N2O5. The zero-order chi connectivity index (χ0) is 22.2. The fourth-order valence-corrected chi connectivity index (χ4v) is 4.61. The maximum atomic E-state index is 12.9. The molecule has 0 saturated carbocycles. The molecule has 3 rings (SSSR count). The lowest BCUT2D eigenvalue weighted by atomic mass is 9.94. The smallest absolute Gasteiger partial charge is 0.225 e. The average Bonchev–Trinajstić information content (AvgIpc) is 3.11. The predicted octanol–water partition coefficient (Wildman–Crippen LogP) is 3.29. The fourth-order valence-electron chi connectivity index (χ4n) is 4.61. The Morgan fingerprint density at radius 2 is 1.42 bits per heavy atom. The number of likely N-dealkylation sites (tertiary alicyclic amines) is 2. The van der Waals surface area contributed by atoms with Crippen molar-refractivity contribution in [2.24, 2.45) is 5.92 Å². The highest BCUT2D eigenvalue weighted by molar-refractivity contribution is 5.80. The van der Waals surface area contributed by atoms with Gasteiger partial charge in [0.1, 0.15) is 0 Å². The lowest BCUT2D eigenvalue weighted by Gasteiger charge is -2.34. The third-order valence-corrected chi connectivity index (χ3v) is 6.47. The van der Waals surface area contributed by atoms with E-state index in [1.165, 1.54) is 12.8 Å². The van der Waals surface area contributed by atoms with Gasteiger partial charge in [0.2, 0.25) is 17.6 Å². The van der Waals surface area contributed by atoms with Gasteiger partial charge in [-0.2, -0.15) is 0 Å². The van der Waals surface area contributed by atoms with Crippen molar-refractivity contribution in [3.05, 3.63) is 17.7 Å². The quantitative estimate of drug-likeness (QED) is 0.661. The van der Waals surface area contributed by atoms with E-state index >= 15 is 0 Å². The van der Waals surface area contributed by atoms with Gasteiger partial charge in [-0.1, -0.05) is 12.8 Å². The molecule has 0 spiro atoms. The third kappa shape index (κ3) is 5.83. The van der Waals surface area contributed by atoms with Crippen LogP contribution in [0.15, 0.2) is 12.1 Å². The minimum absolute atomic E-state index is 0.0669. The summed E-state index contributed by atoms with van der Waals surface area (Å²) in [6, 6.07) is 3.78. The molecule has 0 aliphatic carbocycles. The molecule has 172 valence electrons. The lowest BCUT2D eigenvalue weighted by molar-refractivity contribution is -0.140. The van der Waals surface area contributed by atoms with E-state index in [4.69, 9.17) is 14.2 Å². The Morgan fingerprint density at radius 1 is 0.839 bits per heavy atom. The van der Waals surface area contributed by atoms with E-state index in [0.717, 1.165) is 44.3 Å². The second kappa shape index (κ2) is 11.3. The number of rotatable bonds is 7. The summed E-state index contributed by atoms with van der Waals surface area (Å²) in [5.41, 5.74) is 0.967. The highest BCUT2D eigenvalue weighted by Gasteiger charge is 2.30. The van der Waals surface area contributed by atoms with Gasteiger partial charge in [-0.15, -0.1) is 0 Å². The van der Waals surface area contributed by atoms with E-state index in [-0.39, 0.29) is 11.8 Å². The highest BCUT2D eigenvalue weighted by Crippen LogP contribution is 2.38. The van der Waals surface area contributed by atoms with Gasteiger partial charge in [0, 0.05) is 38.5 Å². The largest absolute Gasteiger partial charge is 0.493 e. The highest BCUT2D eigenvalue weighted by atomic mass is 16.5. The number of hydrogen-bond donors (Lipinski definition) is 0. The summed E-state index contributed by atoms with van der Waals surface area (Å²) in [6.45, 7) is 3.12. The van der Waals surface area contributed by atoms with Gasteiger partial charge in [-0.3, -0.25) is 9.59 Å². The molecule has 0 atom stereocenters. The summed E-state index contributed by atoms with van der Waals surface area (Å²) < 4.78 is 16.2. The molecule has 0 unspecified atom stereocenters. The average molecular weight is 433 g/mol. The zero-order valence-electron chi connectivity index (χ0n) is 19.2. The van der Waals surface area contributed by atoms with Gasteiger partial charge in [0.15, 0.2) is 11.5 Å². The minimum atomic E-state index is 0.0669. The second-order valence-electron chi connectivity index (χ2n) is 8.43. The Morgan fingerprint density at radius 3 is 1.94 bits per heavy atom. The van der Waals surface area contributed by atoms with Crippen molar-refractivity contribution in [2.45, 2.75) is 51.4 Å². The standard InChI is InChI=1S/C24H36N2O5/c1-29-20-16-18(17-21(30-2)23(20)31-3)8-9-22(27)25-14-10-19(11-15-25)24(28)26-12-6-4-5-7-13-26/h16-17,19H,4-15H2,1-3H3. The summed E-state index contributed by atoms with van der Waals surface area (Å²) in [6.07, 6.45) is 7.24. The third-order valence-electron chi connectivity index (χ3n) is 6.47. The number of amides is 2. The summed E-state index contributed by atoms with van der Waals surface area (Å²) in [4.78, 5) is 29.6. The normalized spacial score (nSPS) is 17.8. The molecule has 31 heavy (non-hydrogen) atoms. The number of carbonyl (C=O) groups is 2. The van der Waals surface area contributed by atoms with Gasteiger partial charge >= 0.3 is 0 Å².